The van der Waals surface area contributed by atoms with Gasteiger partial charge in [0, 0.05) is 12.0 Å². The number of ether oxygens (including phenoxy) is 1. The average molecular weight is 457 g/mol. The summed E-state index contributed by atoms with van der Waals surface area (Å²) < 4.78 is 5.52. The number of fused-ring (bicyclic) bond motifs is 3. The van der Waals surface area contributed by atoms with E-state index < -0.39 is 18.0 Å². The van der Waals surface area contributed by atoms with Gasteiger partial charge < -0.3 is 14.7 Å². The predicted octanol–water partition coefficient (Wildman–Crippen LogP) is 4.13. The highest BCUT2D eigenvalue weighted by molar-refractivity contribution is 5.95. The van der Waals surface area contributed by atoms with Gasteiger partial charge in [-0.25, -0.2) is 9.78 Å². The van der Waals surface area contributed by atoms with E-state index in [4.69, 9.17) is 9.84 Å². The number of rotatable bonds is 7. The van der Waals surface area contributed by atoms with Crippen molar-refractivity contribution in [2.45, 2.75) is 24.8 Å². The van der Waals surface area contributed by atoms with Crippen molar-refractivity contribution in [1.29, 1.82) is 0 Å². The van der Waals surface area contributed by atoms with Gasteiger partial charge in [0.25, 0.3) is 5.91 Å². The summed E-state index contributed by atoms with van der Waals surface area (Å²) >= 11 is 0. The Morgan fingerprint density at radius 3 is 2.18 bits per heavy atom. The summed E-state index contributed by atoms with van der Waals surface area (Å²) in [7, 11) is 0. The minimum atomic E-state index is -1.06. The van der Waals surface area contributed by atoms with E-state index in [1.54, 1.807) is 6.07 Å². The second kappa shape index (κ2) is 8.97. The van der Waals surface area contributed by atoms with Crippen LogP contribution in [0, 0.1) is 0 Å². The molecule has 0 atom stereocenters. The highest BCUT2D eigenvalue weighted by Gasteiger charge is 2.35. The summed E-state index contributed by atoms with van der Waals surface area (Å²) in [4.78, 5) is 41.6. The second-order valence-electron chi connectivity index (χ2n) is 8.44. The molecular weight excluding hydrogens is 434 g/mol. The molecule has 1 fully saturated rings. The van der Waals surface area contributed by atoms with Gasteiger partial charge in [0.1, 0.15) is 18.8 Å². The van der Waals surface area contributed by atoms with Crippen LogP contribution in [0.25, 0.3) is 11.1 Å². The SMILES string of the molecule is O=C(O)CN(C(=O)c1ccc(NC(=O)OCC2c3ccccc3-c3ccccc32)cn1)C1CC1. The van der Waals surface area contributed by atoms with Crippen molar-refractivity contribution in [2.75, 3.05) is 18.5 Å². The number of nitrogens with one attached hydrogen (secondary N) is 1. The number of aromatic nitrogens is 1. The molecule has 3 aromatic rings. The van der Waals surface area contributed by atoms with Crippen LogP contribution in [0.4, 0.5) is 10.5 Å². The first-order valence-corrected chi connectivity index (χ1v) is 11.1. The second-order valence-corrected chi connectivity index (χ2v) is 8.44. The number of amides is 2. The number of carbonyl (C=O) groups excluding carboxylic acids is 2. The molecule has 0 radical (unpaired) electrons. The fraction of sp³-hybridized carbons (Fsp3) is 0.231. The molecule has 34 heavy (non-hydrogen) atoms. The lowest BCUT2D eigenvalue weighted by atomic mass is 9.98. The first kappa shape index (κ1) is 21.6. The molecule has 5 rings (SSSR count). The van der Waals surface area contributed by atoms with Crippen LogP contribution < -0.4 is 5.32 Å². The Balaban J connectivity index is 1.21. The summed E-state index contributed by atoms with van der Waals surface area (Å²) in [5.74, 6) is -1.54. The van der Waals surface area contributed by atoms with Crippen molar-refractivity contribution < 1.29 is 24.2 Å². The van der Waals surface area contributed by atoms with Gasteiger partial charge in [-0.2, -0.15) is 0 Å². The Kier molecular flexibility index (Phi) is 5.71. The van der Waals surface area contributed by atoms with Crippen LogP contribution in [0.15, 0.2) is 66.9 Å². The van der Waals surface area contributed by atoms with Crippen molar-refractivity contribution >= 4 is 23.7 Å². The molecule has 2 aliphatic rings. The van der Waals surface area contributed by atoms with Crippen LogP contribution in [0.1, 0.15) is 40.4 Å². The highest BCUT2D eigenvalue weighted by atomic mass is 16.5. The number of carboxylic acids is 1. The maximum atomic E-state index is 12.6. The van der Waals surface area contributed by atoms with Crippen molar-refractivity contribution in [3.05, 3.63) is 83.7 Å². The third-order valence-electron chi connectivity index (χ3n) is 6.13. The van der Waals surface area contributed by atoms with Gasteiger partial charge in [-0.3, -0.25) is 14.9 Å². The van der Waals surface area contributed by atoms with Gasteiger partial charge in [0.05, 0.1) is 11.9 Å². The first-order chi connectivity index (χ1) is 16.5. The molecule has 8 nitrogen and oxygen atoms in total. The minimum absolute atomic E-state index is 0.0427. The first-order valence-electron chi connectivity index (χ1n) is 11.1. The van der Waals surface area contributed by atoms with Crippen molar-refractivity contribution in [2.24, 2.45) is 0 Å². The summed E-state index contributed by atoms with van der Waals surface area (Å²) in [6, 6.07) is 19.2. The van der Waals surface area contributed by atoms with E-state index in [9.17, 15) is 14.4 Å². The monoisotopic (exact) mass is 457 g/mol. The van der Waals surface area contributed by atoms with Gasteiger partial charge in [-0.15, -0.1) is 0 Å². The van der Waals surface area contributed by atoms with Crippen molar-refractivity contribution in [3.63, 3.8) is 0 Å². The molecule has 2 aromatic carbocycles. The topological polar surface area (TPSA) is 109 Å². The molecular formula is C26H23N3O5. The quantitative estimate of drug-likeness (QED) is 0.552. The van der Waals surface area contributed by atoms with Crippen LogP contribution >= 0.6 is 0 Å². The zero-order valence-electron chi connectivity index (χ0n) is 18.3. The molecule has 0 saturated heterocycles. The smallest absolute Gasteiger partial charge is 0.411 e. The lowest BCUT2D eigenvalue weighted by molar-refractivity contribution is -0.137. The van der Waals surface area contributed by atoms with Gasteiger partial charge in [0.15, 0.2) is 0 Å². The molecule has 0 unspecified atom stereocenters. The van der Waals surface area contributed by atoms with Crippen LogP contribution in [0.5, 0.6) is 0 Å². The Hall–Kier alpha value is -4.20. The molecule has 8 heteroatoms. The van der Waals surface area contributed by atoms with Crippen LogP contribution in [-0.4, -0.2) is 52.2 Å². The Labute approximate surface area is 196 Å². The lowest BCUT2D eigenvalue weighted by Gasteiger charge is -2.19. The molecule has 2 aliphatic carbocycles. The minimum Gasteiger partial charge on any atom is -0.480 e. The molecule has 0 aliphatic heterocycles. The molecule has 2 amide bonds. The summed E-state index contributed by atoms with van der Waals surface area (Å²) in [6.07, 6.45) is 2.33. The van der Waals surface area contributed by atoms with Crippen molar-refractivity contribution in [3.8, 4) is 11.1 Å². The van der Waals surface area contributed by atoms with Gasteiger partial charge in [0.2, 0.25) is 0 Å². The number of hydrogen-bond acceptors (Lipinski definition) is 5. The summed E-state index contributed by atoms with van der Waals surface area (Å²) in [6.45, 7) is -0.166. The van der Waals surface area contributed by atoms with Crippen LogP contribution in [-0.2, 0) is 9.53 Å². The number of hydrogen-bond donors (Lipinski definition) is 2. The summed E-state index contributed by atoms with van der Waals surface area (Å²) in [5.41, 5.74) is 5.07. The number of carbonyl (C=O) groups is 3. The van der Waals surface area contributed by atoms with Crippen molar-refractivity contribution in [1.82, 2.24) is 9.88 Å². The van der Waals surface area contributed by atoms with E-state index in [0.717, 1.165) is 35.1 Å². The Bertz CT molecular complexity index is 1210. The van der Waals surface area contributed by atoms with Gasteiger partial charge >= 0.3 is 12.1 Å². The number of nitrogens with zero attached hydrogens (tertiary/aromatic N) is 2. The standard InChI is InChI=1S/C26H23N3O5/c30-24(31)14-29(17-10-11-17)25(32)23-12-9-16(13-27-23)28-26(33)34-15-22-20-7-3-1-5-18(20)19-6-2-4-8-21(19)22/h1-9,12-13,17,22H,10-11,14-15H2,(H,28,33)(H,30,31). The fourth-order valence-corrected chi connectivity index (χ4v) is 4.39. The van der Waals surface area contributed by atoms with Crippen LogP contribution in [0.2, 0.25) is 0 Å². The largest absolute Gasteiger partial charge is 0.480 e. The number of benzene rings is 2. The zero-order chi connectivity index (χ0) is 23.7. The van der Waals surface area contributed by atoms with E-state index in [1.165, 1.54) is 17.2 Å². The van der Waals surface area contributed by atoms with E-state index in [1.807, 2.05) is 24.3 Å². The van der Waals surface area contributed by atoms with Gasteiger partial charge in [-0.05, 0) is 47.2 Å². The molecule has 1 aromatic heterocycles. The third kappa shape index (κ3) is 4.34. The van der Waals surface area contributed by atoms with E-state index in [0.29, 0.717) is 5.69 Å². The highest BCUT2D eigenvalue weighted by Crippen LogP contribution is 2.44. The molecule has 0 bridgehead atoms. The predicted molar refractivity (Wildman–Crippen MR) is 125 cm³/mol. The zero-order valence-corrected chi connectivity index (χ0v) is 18.3. The molecule has 1 heterocycles. The Morgan fingerprint density at radius 1 is 0.971 bits per heavy atom. The third-order valence-corrected chi connectivity index (χ3v) is 6.13. The van der Waals surface area contributed by atoms with Crippen LogP contribution in [0.3, 0.4) is 0 Å². The normalized spacial score (nSPS) is 14.1. The van der Waals surface area contributed by atoms with E-state index in [2.05, 4.69) is 34.6 Å². The van der Waals surface area contributed by atoms with E-state index in [-0.39, 0.29) is 30.8 Å². The Morgan fingerprint density at radius 2 is 1.62 bits per heavy atom. The number of carboxylic acid groups (broad SMARTS) is 1. The number of anilines is 1. The number of pyridine rings is 1. The molecule has 0 spiro atoms. The average Bonchev–Trinajstić information content (AvgIpc) is 3.64. The fourth-order valence-electron chi connectivity index (χ4n) is 4.39. The number of aliphatic carboxylic acids is 1. The maximum Gasteiger partial charge on any atom is 0.411 e. The molecule has 1 saturated carbocycles. The summed E-state index contributed by atoms with van der Waals surface area (Å²) in [5, 5.41) is 11.7. The molecule has 172 valence electrons. The van der Waals surface area contributed by atoms with E-state index >= 15 is 0 Å². The lowest BCUT2D eigenvalue weighted by Crippen LogP contribution is -2.37. The van der Waals surface area contributed by atoms with Gasteiger partial charge in [-0.1, -0.05) is 48.5 Å². The molecule has 2 N–H and O–H groups in total. The maximum absolute atomic E-state index is 12.6.